The molecule has 0 aromatic heterocycles. The van der Waals surface area contributed by atoms with Crippen molar-refractivity contribution in [3.63, 3.8) is 0 Å². The molecular formula is C20H16ClN3O6. The summed E-state index contributed by atoms with van der Waals surface area (Å²) in [5.41, 5.74) is -0.627. The molecule has 3 amide bonds. The molecular weight excluding hydrogens is 414 g/mol. The molecule has 1 aliphatic heterocycles. The first-order chi connectivity index (χ1) is 14.3. The number of piperidine rings is 1. The van der Waals surface area contributed by atoms with Crippen LogP contribution in [0.25, 0.3) is 0 Å². The van der Waals surface area contributed by atoms with E-state index >= 15 is 0 Å². The van der Waals surface area contributed by atoms with Crippen LogP contribution in [0.4, 0.5) is 5.69 Å². The summed E-state index contributed by atoms with van der Waals surface area (Å²) in [5, 5.41) is 13.0. The summed E-state index contributed by atoms with van der Waals surface area (Å²) in [4.78, 5) is 61.4. The SMILES string of the molecule is O=C(CN(C(=O)c1ccccc1[N+](=O)[O-])N1C(=O)CCCC1=O)c1ccc(Cl)cc1. The van der Waals surface area contributed by atoms with E-state index in [9.17, 15) is 29.3 Å². The Kier molecular flexibility index (Phi) is 6.22. The Balaban J connectivity index is 2.01. The second-order valence-electron chi connectivity index (χ2n) is 6.52. The summed E-state index contributed by atoms with van der Waals surface area (Å²) < 4.78 is 0. The highest BCUT2D eigenvalue weighted by molar-refractivity contribution is 6.30. The van der Waals surface area contributed by atoms with E-state index in [0.29, 0.717) is 21.5 Å². The fraction of sp³-hybridized carbons (Fsp3) is 0.200. The molecule has 0 unspecified atom stereocenters. The second kappa shape index (κ2) is 8.83. The predicted molar refractivity (Wildman–Crippen MR) is 106 cm³/mol. The fourth-order valence-corrected chi connectivity index (χ4v) is 3.19. The van der Waals surface area contributed by atoms with E-state index < -0.39 is 40.7 Å². The van der Waals surface area contributed by atoms with E-state index in [-0.39, 0.29) is 24.0 Å². The second-order valence-corrected chi connectivity index (χ2v) is 6.96. The van der Waals surface area contributed by atoms with Crippen molar-refractivity contribution in [3.8, 4) is 0 Å². The molecule has 0 bridgehead atoms. The number of hydrazine groups is 1. The molecule has 0 spiro atoms. The molecule has 0 N–H and O–H groups in total. The average Bonchev–Trinajstić information content (AvgIpc) is 2.72. The monoisotopic (exact) mass is 429 g/mol. The molecule has 3 rings (SSSR count). The number of Topliss-reactive ketones (excluding diaryl/α,β-unsaturated/α-hetero) is 1. The summed E-state index contributed by atoms with van der Waals surface area (Å²) in [5.74, 6) is -2.86. The summed E-state index contributed by atoms with van der Waals surface area (Å²) in [6, 6.07) is 11.0. The largest absolute Gasteiger partial charge is 0.292 e. The minimum Gasteiger partial charge on any atom is -0.292 e. The van der Waals surface area contributed by atoms with Crippen molar-refractivity contribution in [2.24, 2.45) is 0 Å². The number of nitrogens with zero attached hydrogens (tertiary/aromatic N) is 3. The minimum atomic E-state index is -0.992. The van der Waals surface area contributed by atoms with E-state index in [1.807, 2.05) is 0 Å². The van der Waals surface area contributed by atoms with Gasteiger partial charge in [-0.3, -0.25) is 29.3 Å². The van der Waals surface area contributed by atoms with Crippen LogP contribution < -0.4 is 0 Å². The number of carbonyl (C=O) groups excluding carboxylic acids is 4. The molecule has 2 aromatic rings. The first kappa shape index (κ1) is 21.1. The van der Waals surface area contributed by atoms with E-state index in [4.69, 9.17) is 11.6 Å². The predicted octanol–water partition coefficient (Wildman–Crippen LogP) is 3.03. The molecule has 1 saturated heterocycles. The Morgan fingerprint density at radius 3 is 2.23 bits per heavy atom. The molecule has 30 heavy (non-hydrogen) atoms. The highest BCUT2D eigenvalue weighted by atomic mass is 35.5. The van der Waals surface area contributed by atoms with Gasteiger partial charge in [0.15, 0.2) is 5.78 Å². The first-order valence-corrected chi connectivity index (χ1v) is 9.37. The zero-order valence-corrected chi connectivity index (χ0v) is 16.4. The molecule has 1 fully saturated rings. The number of ketones is 1. The van der Waals surface area contributed by atoms with Gasteiger partial charge in [0.25, 0.3) is 11.6 Å². The van der Waals surface area contributed by atoms with Crippen molar-refractivity contribution in [2.75, 3.05) is 6.54 Å². The van der Waals surface area contributed by atoms with E-state index in [1.54, 1.807) is 0 Å². The maximum atomic E-state index is 13.2. The Morgan fingerprint density at radius 1 is 1.03 bits per heavy atom. The lowest BCUT2D eigenvalue weighted by Crippen LogP contribution is -2.56. The van der Waals surface area contributed by atoms with Gasteiger partial charge in [-0.2, -0.15) is 5.01 Å². The topological polar surface area (TPSA) is 118 Å². The van der Waals surface area contributed by atoms with Gasteiger partial charge in [0.05, 0.1) is 4.92 Å². The highest BCUT2D eigenvalue weighted by Crippen LogP contribution is 2.23. The third-order valence-corrected chi connectivity index (χ3v) is 4.77. The maximum Gasteiger partial charge on any atom is 0.282 e. The van der Waals surface area contributed by atoms with Crippen molar-refractivity contribution in [1.29, 1.82) is 0 Å². The zero-order chi connectivity index (χ0) is 21.8. The lowest BCUT2D eigenvalue weighted by Gasteiger charge is -2.34. The van der Waals surface area contributed by atoms with Gasteiger partial charge in [0.1, 0.15) is 12.1 Å². The molecule has 2 aromatic carbocycles. The van der Waals surface area contributed by atoms with Gasteiger partial charge in [0, 0.05) is 29.5 Å². The Bertz CT molecular complexity index is 1020. The number of halogens is 1. The van der Waals surface area contributed by atoms with Crippen molar-refractivity contribution >= 4 is 40.8 Å². The number of hydrogen-bond acceptors (Lipinski definition) is 6. The van der Waals surface area contributed by atoms with Crippen molar-refractivity contribution in [2.45, 2.75) is 19.3 Å². The van der Waals surface area contributed by atoms with Crippen LogP contribution in [-0.2, 0) is 9.59 Å². The molecule has 0 saturated carbocycles. The summed E-state index contributed by atoms with van der Waals surface area (Å²) in [7, 11) is 0. The van der Waals surface area contributed by atoms with Crippen LogP contribution in [0.5, 0.6) is 0 Å². The lowest BCUT2D eigenvalue weighted by atomic mass is 10.1. The van der Waals surface area contributed by atoms with Crippen molar-refractivity contribution in [3.05, 3.63) is 74.8 Å². The van der Waals surface area contributed by atoms with Crippen LogP contribution in [0.15, 0.2) is 48.5 Å². The smallest absolute Gasteiger partial charge is 0.282 e. The van der Waals surface area contributed by atoms with Crippen LogP contribution >= 0.6 is 11.6 Å². The van der Waals surface area contributed by atoms with E-state index in [2.05, 4.69) is 0 Å². The van der Waals surface area contributed by atoms with Crippen LogP contribution in [0.2, 0.25) is 5.02 Å². The van der Waals surface area contributed by atoms with Crippen LogP contribution in [0.1, 0.15) is 40.0 Å². The lowest BCUT2D eigenvalue weighted by molar-refractivity contribution is -0.385. The number of para-hydroxylation sites is 1. The summed E-state index contributed by atoms with van der Waals surface area (Å²) in [6.45, 7) is -0.649. The van der Waals surface area contributed by atoms with Crippen LogP contribution in [-0.4, -0.2) is 45.0 Å². The van der Waals surface area contributed by atoms with Gasteiger partial charge in [-0.25, -0.2) is 5.01 Å². The number of amides is 3. The Morgan fingerprint density at radius 2 is 1.63 bits per heavy atom. The standard InChI is InChI=1S/C20H16ClN3O6/c21-14-10-8-13(9-11-14)17(25)12-22(23-18(26)6-3-7-19(23)27)20(28)15-4-1-2-5-16(15)24(29)30/h1-2,4-5,8-11H,3,6-7,12H2. The molecule has 9 nitrogen and oxygen atoms in total. The van der Waals surface area contributed by atoms with E-state index in [1.165, 1.54) is 42.5 Å². The van der Waals surface area contributed by atoms with Gasteiger partial charge in [0.2, 0.25) is 11.8 Å². The Labute approximate surface area is 175 Å². The molecule has 1 aliphatic rings. The van der Waals surface area contributed by atoms with Crippen molar-refractivity contribution < 1.29 is 24.1 Å². The maximum absolute atomic E-state index is 13.2. The number of benzene rings is 2. The Hall–Kier alpha value is -3.59. The number of hydrogen-bond donors (Lipinski definition) is 0. The molecule has 0 radical (unpaired) electrons. The van der Waals surface area contributed by atoms with Crippen LogP contribution in [0.3, 0.4) is 0 Å². The number of nitro groups is 1. The molecule has 154 valence electrons. The average molecular weight is 430 g/mol. The summed E-state index contributed by atoms with van der Waals surface area (Å²) >= 11 is 5.82. The number of carbonyl (C=O) groups is 4. The fourth-order valence-electron chi connectivity index (χ4n) is 3.06. The molecule has 0 aliphatic carbocycles. The minimum absolute atomic E-state index is 0.0154. The normalized spacial score (nSPS) is 13.8. The summed E-state index contributed by atoms with van der Waals surface area (Å²) in [6.07, 6.45) is 0.357. The van der Waals surface area contributed by atoms with Gasteiger partial charge < -0.3 is 0 Å². The van der Waals surface area contributed by atoms with Gasteiger partial charge in [-0.15, -0.1) is 0 Å². The van der Waals surface area contributed by atoms with E-state index in [0.717, 1.165) is 6.07 Å². The number of imide groups is 1. The molecule has 10 heteroatoms. The number of rotatable bonds is 6. The third kappa shape index (κ3) is 4.36. The van der Waals surface area contributed by atoms with Gasteiger partial charge in [-0.05, 0) is 36.8 Å². The van der Waals surface area contributed by atoms with Gasteiger partial charge >= 0.3 is 0 Å². The molecule has 1 heterocycles. The van der Waals surface area contributed by atoms with Gasteiger partial charge in [-0.1, -0.05) is 23.7 Å². The first-order valence-electron chi connectivity index (χ1n) is 8.99. The molecule has 0 atom stereocenters. The zero-order valence-electron chi connectivity index (χ0n) is 15.6. The number of nitro benzene ring substituents is 1. The third-order valence-electron chi connectivity index (χ3n) is 4.52. The quantitative estimate of drug-likeness (QED) is 0.301. The highest BCUT2D eigenvalue weighted by Gasteiger charge is 2.37. The van der Waals surface area contributed by atoms with Crippen LogP contribution in [0, 0.1) is 10.1 Å². The van der Waals surface area contributed by atoms with Crippen molar-refractivity contribution in [1.82, 2.24) is 10.0 Å².